The molecule has 6 nitrogen and oxygen atoms in total. The molecule has 1 aliphatic heterocycles. The Morgan fingerprint density at radius 3 is 2.33 bits per heavy atom. The van der Waals surface area contributed by atoms with Gasteiger partial charge in [0.2, 0.25) is 15.9 Å². The number of carbonyl (C=O) groups is 1. The maximum Gasteiger partial charge on any atom is 0.243 e. The summed E-state index contributed by atoms with van der Waals surface area (Å²) < 4.78 is 32.3. The molecule has 1 fully saturated rings. The molecule has 134 valence electrons. The number of rotatable bonds is 5. The van der Waals surface area contributed by atoms with E-state index in [1.165, 1.54) is 4.31 Å². The molecule has 0 atom stereocenters. The topological polar surface area (TPSA) is 66.9 Å². The second-order valence-electron chi connectivity index (χ2n) is 6.51. The van der Waals surface area contributed by atoms with E-state index in [1.807, 2.05) is 13.8 Å². The summed E-state index contributed by atoms with van der Waals surface area (Å²) in [6.45, 7) is 7.32. The van der Waals surface area contributed by atoms with E-state index < -0.39 is 10.0 Å². The Balaban J connectivity index is 2.09. The standard InChI is InChI=1S/C17H26N2O4S/c1-13(2)11-17(20)18-7-9-19(10-8-18)24(21,22)16-6-5-15(23-4)12-14(16)3/h5-6,12-13H,7-11H2,1-4H3. The third-order valence-electron chi connectivity index (χ3n) is 4.17. The lowest BCUT2D eigenvalue weighted by Crippen LogP contribution is -2.50. The molecule has 2 rings (SSSR count). The van der Waals surface area contributed by atoms with Gasteiger partial charge in [0.05, 0.1) is 12.0 Å². The lowest BCUT2D eigenvalue weighted by Gasteiger charge is -2.34. The van der Waals surface area contributed by atoms with Crippen LogP contribution in [0.15, 0.2) is 23.1 Å². The average molecular weight is 354 g/mol. The summed E-state index contributed by atoms with van der Waals surface area (Å²) >= 11 is 0. The van der Waals surface area contributed by atoms with Crippen LogP contribution in [-0.2, 0) is 14.8 Å². The van der Waals surface area contributed by atoms with Gasteiger partial charge in [-0.1, -0.05) is 13.8 Å². The van der Waals surface area contributed by atoms with Gasteiger partial charge in [-0.05, 0) is 36.6 Å². The largest absolute Gasteiger partial charge is 0.497 e. The first-order valence-corrected chi connectivity index (χ1v) is 9.62. The van der Waals surface area contributed by atoms with Crippen molar-refractivity contribution in [2.45, 2.75) is 32.1 Å². The number of methoxy groups -OCH3 is 1. The highest BCUT2D eigenvalue weighted by Crippen LogP contribution is 2.25. The molecule has 0 spiro atoms. The summed E-state index contributed by atoms with van der Waals surface area (Å²) in [7, 11) is -2.00. The molecule has 0 radical (unpaired) electrons. The van der Waals surface area contributed by atoms with Crippen molar-refractivity contribution in [3.8, 4) is 5.75 Å². The first-order chi connectivity index (χ1) is 11.3. The van der Waals surface area contributed by atoms with Crippen LogP contribution < -0.4 is 4.74 Å². The molecule has 0 aliphatic carbocycles. The second-order valence-corrected chi connectivity index (χ2v) is 8.42. The predicted molar refractivity (Wildman–Crippen MR) is 92.5 cm³/mol. The van der Waals surface area contributed by atoms with Gasteiger partial charge in [0, 0.05) is 32.6 Å². The first kappa shape index (κ1) is 18.7. The molecule has 1 aromatic carbocycles. The van der Waals surface area contributed by atoms with E-state index in [2.05, 4.69) is 0 Å². The summed E-state index contributed by atoms with van der Waals surface area (Å²) in [6, 6.07) is 4.96. The molecule has 7 heteroatoms. The first-order valence-electron chi connectivity index (χ1n) is 8.18. The molecule has 24 heavy (non-hydrogen) atoms. The van der Waals surface area contributed by atoms with Crippen molar-refractivity contribution in [1.82, 2.24) is 9.21 Å². The molecule has 1 heterocycles. The number of ether oxygens (including phenoxy) is 1. The highest BCUT2D eigenvalue weighted by Gasteiger charge is 2.31. The number of hydrogen-bond acceptors (Lipinski definition) is 4. The van der Waals surface area contributed by atoms with Gasteiger partial charge in [-0.2, -0.15) is 4.31 Å². The fourth-order valence-corrected chi connectivity index (χ4v) is 4.46. The molecule has 0 saturated carbocycles. The van der Waals surface area contributed by atoms with Gasteiger partial charge in [0.1, 0.15) is 5.75 Å². The summed E-state index contributed by atoms with van der Waals surface area (Å²) in [5.74, 6) is 1.04. The number of nitrogens with zero attached hydrogens (tertiary/aromatic N) is 2. The van der Waals surface area contributed by atoms with Gasteiger partial charge < -0.3 is 9.64 Å². The molecule has 0 aromatic heterocycles. The quantitative estimate of drug-likeness (QED) is 0.810. The van der Waals surface area contributed by atoms with Gasteiger partial charge >= 0.3 is 0 Å². The zero-order valence-corrected chi connectivity index (χ0v) is 15.6. The number of sulfonamides is 1. The summed E-state index contributed by atoms with van der Waals surface area (Å²) in [5.41, 5.74) is 0.660. The van der Waals surface area contributed by atoms with E-state index >= 15 is 0 Å². The number of hydrogen-bond donors (Lipinski definition) is 0. The van der Waals surface area contributed by atoms with E-state index in [9.17, 15) is 13.2 Å². The number of carbonyl (C=O) groups excluding carboxylic acids is 1. The van der Waals surface area contributed by atoms with Crippen molar-refractivity contribution in [3.05, 3.63) is 23.8 Å². The van der Waals surface area contributed by atoms with Crippen LogP contribution in [-0.4, -0.2) is 56.8 Å². The number of amides is 1. The lowest BCUT2D eigenvalue weighted by molar-refractivity contribution is -0.133. The predicted octanol–water partition coefficient (Wildman–Crippen LogP) is 1.88. The zero-order chi connectivity index (χ0) is 17.9. The Hall–Kier alpha value is -1.60. The maximum atomic E-state index is 12.8. The summed E-state index contributed by atoms with van der Waals surface area (Å²) in [6.07, 6.45) is 0.504. The van der Waals surface area contributed by atoms with E-state index in [1.54, 1.807) is 37.1 Å². The SMILES string of the molecule is COc1ccc(S(=O)(=O)N2CCN(C(=O)CC(C)C)CC2)c(C)c1. The van der Waals surface area contributed by atoms with Crippen molar-refractivity contribution >= 4 is 15.9 Å². The van der Waals surface area contributed by atoms with E-state index in [4.69, 9.17) is 4.74 Å². The van der Waals surface area contributed by atoms with E-state index in [0.717, 1.165) is 0 Å². The number of benzene rings is 1. The Labute approximate surface area is 144 Å². The van der Waals surface area contributed by atoms with Crippen LogP contribution in [0, 0.1) is 12.8 Å². The van der Waals surface area contributed by atoms with Gasteiger partial charge in [-0.15, -0.1) is 0 Å². The van der Waals surface area contributed by atoms with Crippen molar-refractivity contribution in [1.29, 1.82) is 0 Å². The lowest BCUT2D eigenvalue weighted by atomic mass is 10.1. The minimum absolute atomic E-state index is 0.0997. The fourth-order valence-electron chi connectivity index (χ4n) is 2.83. The molecular weight excluding hydrogens is 328 g/mol. The number of piperazine rings is 1. The minimum atomic E-state index is -3.55. The maximum absolute atomic E-state index is 12.8. The summed E-state index contributed by atoms with van der Waals surface area (Å²) in [5, 5.41) is 0. The Bertz CT molecular complexity index is 693. The van der Waals surface area contributed by atoms with Crippen LogP contribution in [0.5, 0.6) is 5.75 Å². The van der Waals surface area contributed by atoms with Crippen LogP contribution in [0.3, 0.4) is 0 Å². The second kappa shape index (κ2) is 7.53. The minimum Gasteiger partial charge on any atom is -0.497 e. The van der Waals surface area contributed by atoms with Crippen molar-refractivity contribution < 1.29 is 17.9 Å². The third kappa shape index (κ3) is 4.08. The van der Waals surface area contributed by atoms with Crippen molar-refractivity contribution in [3.63, 3.8) is 0 Å². The highest BCUT2D eigenvalue weighted by molar-refractivity contribution is 7.89. The third-order valence-corrected chi connectivity index (χ3v) is 6.23. The molecule has 1 saturated heterocycles. The number of aryl methyl sites for hydroxylation is 1. The molecule has 0 unspecified atom stereocenters. The average Bonchev–Trinajstić information content (AvgIpc) is 2.53. The molecule has 0 N–H and O–H groups in total. The van der Waals surface area contributed by atoms with Crippen molar-refractivity contribution in [2.24, 2.45) is 5.92 Å². The Morgan fingerprint density at radius 2 is 1.83 bits per heavy atom. The molecular formula is C17H26N2O4S. The van der Waals surface area contributed by atoms with E-state index in [-0.39, 0.29) is 5.91 Å². The molecule has 1 amide bonds. The molecule has 1 aliphatic rings. The van der Waals surface area contributed by atoms with Gasteiger partial charge in [-0.3, -0.25) is 4.79 Å². The van der Waals surface area contributed by atoms with E-state index in [0.29, 0.717) is 54.7 Å². The fraction of sp³-hybridized carbons (Fsp3) is 0.588. The van der Waals surface area contributed by atoms with Crippen molar-refractivity contribution in [2.75, 3.05) is 33.3 Å². The van der Waals surface area contributed by atoms with Crippen LogP contribution in [0.2, 0.25) is 0 Å². The Morgan fingerprint density at radius 1 is 1.21 bits per heavy atom. The smallest absolute Gasteiger partial charge is 0.243 e. The van der Waals surface area contributed by atoms with Gasteiger partial charge in [0.15, 0.2) is 0 Å². The molecule has 0 bridgehead atoms. The van der Waals surface area contributed by atoms with Gasteiger partial charge in [-0.25, -0.2) is 8.42 Å². The molecule has 1 aromatic rings. The van der Waals surface area contributed by atoms with Crippen LogP contribution in [0.1, 0.15) is 25.8 Å². The normalized spacial score (nSPS) is 16.5. The Kier molecular flexibility index (Phi) is 5.87. The van der Waals surface area contributed by atoms with Crippen LogP contribution in [0.25, 0.3) is 0 Å². The highest BCUT2D eigenvalue weighted by atomic mass is 32.2. The zero-order valence-electron chi connectivity index (χ0n) is 14.8. The van der Waals surface area contributed by atoms with Crippen LogP contribution in [0.4, 0.5) is 0 Å². The monoisotopic (exact) mass is 354 g/mol. The summed E-state index contributed by atoms with van der Waals surface area (Å²) in [4.78, 5) is 14.2. The van der Waals surface area contributed by atoms with Crippen LogP contribution >= 0.6 is 0 Å². The van der Waals surface area contributed by atoms with Gasteiger partial charge in [0.25, 0.3) is 0 Å².